The van der Waals surface area contributed by atoms with Gasteiger partial charge in [0.1, 0.15) is 0 Å². The van der Waals surface area contributed by atoms with E-state index >= 15 is 0 Å². The van der Waals surface area contributed by atoms with Gasteiger partial charge in [0, 0.05) is 5.54 Å². The van der Waals surface area contributed by atoms with Gasteiger partial charge in [-0.15, -0.1) is 0 Å². The van der Waals surface area contributed by atoms with E-state index in [4.69, 9.17) is 0 Å². The van der Waals surface area contributed by atoms with E-state index in [0.717, 1.165) is 17.9 Å². The minimum atomic E-state index is 0.0471. The summed E-state index contributed by atoms with van der Waals surface area (Å²) >= 11 is 0. The Morgan fingerprint density at radius 3 is 1.68 bits per heavy atom. The lowest BCUT2D eigenvalue weighted by molar-refractivity contribution is 0.373. The van der Waals surface area contributed by atoms with Crippen LogP contribution >= 0.6 is 7.92 Å². The van der Waals surface area contributed by atoms with Crippen molar-refractivity contribution in [1.82, 2.24) is 10.6 Å². The average molecular weight is 327 g/mol. The molecule has 3 heteroatoms. The summed E-state index contributed by atoms with van der Waals surface area (Å²) in [4.78, 5) is 0. The van der Waals surface area contributed by atoms with Crippen LogP contribution in [0.15, 0.2) is 0 Å². The Balaban J connectivity index is 2.14. The van der Waals surface area contributed by atoms with Crippen LogP contribution in [0.4, 0.5) is 0 Å². The molecule has 0 aliphatic heterocycles. The van der Waals surface area contributed by atoms with Crippen molar-refractivity contribution in [2.75, 3.05) is 6.54 Å². The zero-order valence-electron chi connectivity index (χ0n) is 15.5. The van der Waals surface area contributed by atoms with Crippen LogP contribution in [0.3, 0.4) is 0 Å². The molecule has 0 heterocycles. The largest absolute Gasteiger partial charge is 0.299 e. The van der Waals surface area contributed by atoms with Gasteiger partial charge in [0.25, 0.3) is 0 Å². The Bertz CT molecular complexity index is 283. The molecule has 2 N–H and O–H groups in total. The molecule has 22 heavy (non-hydrogen) atoms. The zero-order valence-corrected chi connectivity index (χ0v) is 16.4. The van der Waals surface area contributed by atoms with E-state index in [1.54, 1.807) is 0 Å². The third-order valence-corrected chi connectivity index (χ3v) is 8.89. The van der Waals surface area contributed by atoms with Crippen LogP contribution in [0.25, 0.3) is 0 Å². The maximum Gasteiger partial charge on any atom is 0.0781 e. The highest BCUT2D eigenvalue weighted by atomic mass is 31.1. The molecule has 0 saturated heterocycles. The topological polar surface area (TPSA) is 24.1 Å². The predicted octanol–water partition coefficient (Wildman–Crippen LogP) is 5.41. The lowest BCUT2D eigenvalue weighted by Crippen LogP contribution is -2.52. The fourth-order valence-electron chi connectivity index (χ4n) is 4.31. The van der Waals surface area contributed by atoms with Gasteiger partial charge in [-0.1, -0.05) is 53.4 Å². The van der Waals surface area contributed by atoms with Crippen LogP contribution in [0.5, 0.6) is 0 Å². The van der Waals surface area contributed by atoms with E-state index in [9.17, 15) is 0 Å². The Morgan fingerprint density at radius 2 is 1.32 bits per heavy atom. The first-order valence-electron chi connectivity index (χ1n) is 9.80. The van der Waals surface area contributed by atoms with Gasteiger partial charge in [-0.25, -0.2) is 0 Å². The first kappa shape index (κ1) is 18.7. The van der Waals surface area contributed by atoms with E-state index < -0.39 is 0 Å². The molecule has 2 rings (SSSR count). The first-order valence-corrected chi connectivity index (χ1v) is 11.3. The van der Waals surface area contributed by atoms with Crippen molar-refractivity contribution in [3.8, 4) is 0 Å². The Hall–Kier alpha value is 0.350. The van der Waals surface area contributed by atoms with Crippen LogP contribution in [-0.4, -0.2) is 29.3 Å². The highest BCUT2D eigenvalue weighted by molar-refractivity contribution is 7.59. The number of rotatable bonds is 6. The zero-order chi connectivity index (χ0) is 16.0. The minimum absolute atomic E-state index is 0.0471. The Labute approximate surface area is 140 Å². The molecule has 2 aliphatic carbocycles. The second-order valence-electron chi connectivity index (χ2n) is 8.39. The van der Waals surface area contributed by atoms with Gasteiger partial charge in [-0.2, -0.15) is 0 Å². The second kappa shape index (κ2) is 9.00. The Morgan fingerprint density at radius 1 is 0.864 bits per heavy atom. The fourth-order valence-corrected chi connectivity index (χ4v) is 8.60. The summed E-state index contributed by atoms with van der Waals surface area (Å²) in [6.07, 6.45) is 14.8. The molecule has 0 amide bonds. The summed E-state index contributed by atoms with van der Waals surface area (Å²) in [7, 11) is 0.0471. The molecule has 2 saturated carbocycles. The number of hydrogen-bond donors (Lipinski definition) is 2. The summed E-state index contributed by atoms with van der Waals surface area (Å²) in [5, 5.41) is 7.82. The third kappa shape index (κ3) is 5.77. The number of hydrogen-bond acceptors (Lipinski definition) is 2. The molecule has 2 nitrogen and oxygen atoms in total. The van der Waals surface area contributed by atoms with Gasteiger partial charge in [0.2, 0.25) is 0 Å². The van der Waals surface area contributed by atoms with Crippen LogP contribution < -0.4 is 10.6 Å². The van der Waals surface area contributed by atoms with Crippen molar-refractivity contribution in [3.63, 3.8) is 0 Å². The molecule has 0 aromatic carbocycles. The van der Waals surface area contributed by atoms with Crippen molar-refractivity contribution in [1.29, 1.82) is 0 Å². The van der Waals surface area contributed by atoms with Crippen molar-refractivity contribution < 1.29 is 0 Å². The highest BCUT2D eigenvalue weighted by Gasteiger charge is 2.37. The third-order valence-electron chi connectivity index (χ3n) is 5.26. The molecule has 2 aliphatic rings. The SMILES string of the molecule is CCNC(NC(C)(C)C)P(C1CCCCC1)C1CCCCC1. The highest BCUT2D eigenvalue weighted by Crippen LogP contribution is 2.57. The maximum absolute atomic E-state index is 3.97. The summed E-state index contributed by atoms with van der Waals surface area (Å²) in [5.74, 6) is 0.561. The molecule has 0 spiro atoms. The van der Waals surface area contributed by atoms with Gasteiger partial charge < -0.3 is 0 Å². The van der Waals surface area contributed by atoms with E-state index in [1.165, 1.54) is 64.2 Å². The molecule has 0 aromatic heterocycles. The molecule has 0 aromatic rings. The molecular formula is C19H39N2P. The molecule has 0 radical (unpaired) electrons. The summed E-state index contributed by atoms with van der Waals surface area (Å²) in [5.41, 5.74) is 2.22. The van der Waals surface area contributed by atoms with Crippen molar-refractivity contribution >= 4 is 7.92 Å². The smallest absolute Gasteiger partial charge is 0.0781 e. The molecule has 1 atom stereocenters. The fraction of sp³-hybridized carbons (Fsp3) is 1.00. The molecular weight excluding hydrogens is 287 g/mol. The lowest BCUT2D eigenvalue weighted by atomic mass is 9.99. The van der Waals surface area contributed by atoms with Gasteiger partial charge in [-0.05, 0) is 64.3 Å². The standard InChI is InChI=1S/C19H39N2P/c1-5-20-18(21-19(2,3)4)22(16-12-8-6-9-13-16)17-14-10-7-11-15-17/h16-18,20-21H,5-15H2,1-4H3. The molecule has 130 valence electrons. The van der Waals surface area contributed by atoms with E-state index in [-0.39, 0.29) is 13.5 Å². The van der Waals surface area contributed by atoms with Crippen LogP contribution in [0.2, 0.25) is 0 Å². The number of nitrogens with one attached hydrogen (secondary N) is 2. The maximum atomic E-state index is 3.97. The molecule has 1 unspecified atom stereocenters. The van der Waals surface area contributed by atoms with Crippen molar-refractivity contribution in [3.05, 3.63) is 0 Å². The van der Waals surface area contributed by atoms with Crippen LogP contribution in [0.1, 0.15) is 91.9 Å². The summed E-state index contributed by atoms with van der Waals surface area (Å²) in [6.45, 7) is 10.3. The van der Waals surface area contributed by atoms with Crippen LogP contribution in [-0.2, 0) is 0 Å². The van der Waals surface area contributed by atoms with E-state index in [2.05, 4.69) is 38.3 Å². The summed E-state index contributed by atoms with van der Waals surface area (Å²) in [6, 6.07) is 0. The average Bonchev–Trinajstić information content (AvgIpc) is 2.48. The molecule has 0 bridgehead atoms. The van der Waals surface area contributed by atoms with Gasteiger partial charge in [0.05, 0.1) is 5.91 Å². The van der Waals surface area contributed by atoms with Crippen molar-refractivity contribution in [2.45, 2.75) is 115 Å². The normalized spacial score (nSPS) is 23.9. The summed E-state index contributed by atoms with van der Waals surface area (Å²) < 4.78 is 0. The predicted molar refractivity (Wildman–Crippen MR) is 101 cm³/mol. The second-order valence-corrected chi connectivity index (χ2v) is 11.3. The van der Waals surface area contributed by atoms with Gasteiger partial charge >= 0.3 is 0 Å². The first-order chi connectivity index (χ1) is 10.5. The Kier molecular flexibility index (Phi) is 7.64. The van der Waals surface area contributed by atoms with E-state index in [0.29, 0.717) is 5.91 Å². The minimum Gasteiger partial charge on any atom is -0.299 e. The van der Waals surface area contributed by atoms with Crippen LogP contribution in [0, 0.1) is 0 Å². The van der Waals surface area contributed by atoms with Crippen molar-refractivity contribution in [2.24, 2.45) is 0 Å². The molecule has 2 fully saturated rings. The quantitative estimate of drug-likeness (QED) is 0.503. The van der Waals surface area contributed by atoms with Gasteiger partial charge in [0.15, 0.2) is 0 Å². The van der Waals surface area contributed by atoms with Gasteiger partial charge in [-0.3, -0.25) is 10.6 Å². The van der Waals surface area contributed by atoms with E-state index in [1.807, 2.05) is 0 Å². The monoisotopic (exact) mass is 326 g/mol. The lowest BCUT2D eigenvalue weighted by Gasteiger charge is -2.45.